The summed E-state index contributed by atoms with van der Waals surface area (Å²) < 4.78 is 11.1. The van der Waals surface area contributed by atoms with Gasteiger partial charge < -0.3 is 20.3 Å². The Labute approximate surface area is 176 Å². The van der Waals surface area contributed by atoms with E-state index < -0.39 is 11.7 Å². The molecular formula is C21H29N5O4. The van der Waals surface area contributed by atoms with Crippen molar-refractivity contribution in [3.05, 3.63) is 36.4 Å². The molecule has 0 aliphatic rings. The van der Waals surface area contributed by atoms with Crippen molar-refractivity contribution >= 4 is 29.1 Å². The molecule has 30 heavy (non-hydrogen) atoms. The number of nitrogens with two attached hydrogens (primary N) is 1. The maximum absolute atomic E-state index is 12.2. The summed E-state index contributed by atoms with van der Waals surface area (Å²) in [5.74, 6) is 0.301. The Kier molecular flexibility index (Phi) is 7.33. The Hall–Kier alpha value is -3.20. The van der Waals surface area contributed by atoms with Gasteiger partial charge in [0.2, 0.25) is 0 Å². The van der Waals surface area contributed by atoms with Crippen molar-refractivity contribution in [3.63, 3.8) is 0 Å². The summed E-state index contributed by atoms with van der Waals surface area (Å²) in [6.07, 6.45) is -0.106. The van der Waals surface area contributed by atoms with Crippen LogP contribution in [0.3, 0.4) is 0 Å². The average Bonchev–Trinajstić information content (AvgIpc) is 2.60. The number of phenolic OH excluding ortho intramolecular Hbond substituents is 1. The standard InChI is InChI=1S/C21H29N5O4/c1-20(2,3)29-13-12-21(4,5)30-19(28)24-17-11-10-15(18(22)23-17)26-25-14-8-6-7-9-16(14)27/h6-11,27H,12-13H2,1-5H3,(H3,22,23,24,28). The molecule has 0 aliphatic heterocycles. The van der Waals surface area contributed by atoms with Gasteiger partial charge in [0.25, 0.3) is 0 Å². The van der Waals surface area contributed by atoms with Gasteiger partial charge in [-0.15, -0.1) is 10.2 Å². The largest absolute Gasteiger partial charge is 0.506 e. The second-order valence-electron chi connectivity index (χ2n) is 8.27. The Bertz CT molecular complexity index is 907. The second-order valence-corrected chi connectivity index (χ2v) is 8.27. The Morgan fingerprint density at radius 3 is 2.40 bits per heavy atom. The molecule has 2 aromatic rings. The van der Waals surface area contributed by atoms with E-state index in [4.69, 9.17) is 15.2 Å². The molecule has 1 aromatic carbocycles. The van der Waals surface area contributed by atoms with Crippen LogP contribution in [0.1, 0.15) is 41.0 Å². The minimum atomic E-state index is -0.716. The van der Waals surface area contributed by atoms with Gasteiger partial charge in [0.05, 0.1) is 12.2 Å². The monoisotopic (exact) mass is 415 g/mol. The molecule has 0 radical (unpaired) electrons. The summed E-state index contributed by atoms with van der Waals surface area (Å²) in [6, 6.07) is 9.62. The van der Waals surface area contributed by atoms with E-state index in [1.54, 1.807) is 24.3 Å². The zero-order valence-corrected chi connectivity index (χ0v) is 18.0. The highest BCUT2D eigenvalue weighted by molar-refractivity contribution is 5.84. The number of nitrogen functional groups attached to an aromatic ring is 1. The number of aromatic nitrogens is 1. The zero-order valence-electron chi connectivity index (χ0n) is 18.0. The van der Waals surface area contributed by atoms with E-state index in [2.05, 4.69) is 20.5 Å². The number of carbonyl (C=O) groups excluding carboxylic acids is 1. The topological polar surface area (TPSA) is 131 Å². The number of carbonyl (C=O) groups is 1. The van der Waals surface area contributed by atoms with Gasteiger partial charge in [0, 0.05) is 6.42 Å². The Balaban J connectivity index is 1.95. The summed E-state index contributed by atoms with van der Waals surface area (Å²) in [4.78, 5) is 16.3. The molecule has 0 saturated carbocycles. The SMILES string of the molecule is CC(C)(C)OCCC(C)(C)OC(=O)Nc1ccc(N=Nc2ccccc2O)c(N)n1. The first-order chi connectivity index (χ1) is 14.0. The van der Waals surface area contributed by atoms with Crippen LogP contribution in [0.2, 0.25) is 0 Å². The molecule has 1 heterocycles. The lowest BCUT2D eigenvalue weighted by Crippen LogP contribution is -2.33. The van der Waals surface area contributed by atoms with E-state index in [0.29, 0.717) is 24.4 Å². The van der Waals surface area contributed by atoms with Gasteiger partial charge in [0.15, 0.2) is 5.82 Å². The van der Waals surface area contributed by atoms with Gasteiger partial charge in [-0.25, -0.2) is 9.78 Å². The third-order valence-corrected chi connectivity index (χ3v) is 3.89. The van der Waals surface area contributed by atoms with Gasteiger partial charge >= 0.3 is 6.09 Å². The van der Waals surface area contributed by atoms with E-state index >= 15 is 0 Å². The molecule has 4 N–H and O–H groups in total. The zero-order chi connectivity index (χ0) is 22.4. The molecule has 0 unspecified atom stereocenters. The maximum Gasteiger partial charge on any atom is 0.413 e. The quantitative estimate of drug-likeness (QED) is 0.525. The minimum Gasteiger partial charge on any atom is -0.506 e. The smallest absolute Gasteiger partial charge is 0.413 e. The number of para-hydroxylation sites is 1. The molecule has 9 nitrogen and oxygen atoms in total. The Morgan fingerprint density at radius 2 is 1.77 bits per heavy atom. The van der Waals surface area contributed by atoms with E-state index in [9.17, 15) is 9.90 Å². The molecule has 0 aliphatic carbocycles. The van der Waals surface area contributed by atoms with Crippen LogP contribution in [0.5, 0.6) is 5.75 Å². The van der Waals surface area contributed by atoms with Crippen molar-refractivity contribution in [3.8, 4) is 5.75 Å². The summed E-state index contributed by atoms with van der Waals surface area (Å²) in [5.41, 5.74) is 5.54. The van der Waals surface area contributed by atoms with Crippen molar-refractivity contribution < 1.29 is 19.4 Å². The third kappa shape index (κ3) is 7.67. The molecule has 162 valence electrons. The van der Waals surface area contributed by atoms with Crippen molar-refractivity contribution in [1.29, 1.82) is 0 Å². The van der Waals surface area contributed by atoms with Crippen LogP contribution in [0.15, 0.2) is 46.6 Å². The number of nitrogens with one attached hydrogen (secondary N) is 1. The molecular weight excluding hydrogens is 386 g/mol. The van der Waals surface area contributed by atoms with Gasteiger partial charge in [-0.05, 0) is 58.9 Å². The van der Waals surface area contributed by atoms with E-state index in [0.717, 1.165) is 0 Å². The van der Waals surface area contributed by atoms with Crippen molar-refractivity contribution in [2.75, 3.05) is 17.7 Å². The van der Waals surface area contributed by atoms with Crippen LogP contribution in [0.25, 0.3) is 0 Å². The summed E-state index contributed by atoms with van der Waals surface area (Å²) in [5, 5.41) is 20.2. The van der Waals surface area contributed by atoms with Gasteiger partial charge in [-0.2, -0.15) is 0 Å². The summed E-state index contributed by atoms with van der Waals surface area (Å²) in [6.45, 7) is 9.98. The predicted molar refractivity (Wildman–Crippen MR) is 115 cm³/mol. The molecule has 1 aromatic heterocycles. The molecule has 1 amide bonds. The first kappa shape index (κ1) is 23.1. The molecule has 0 fully saturated rings. The van der Waals surface area contributed by atoms with E-state index in [-0.39, 0.29) is 23.0 Å². The predicted octanol–water partition coefficient (Wildman–Crippen LogP) is 5.32. The normalized spacial score (nSPS) is 12.2. The van der Waals surface area contributed by atoms with Crippen LogP contribution >= 0.6 is 0 Å². The molecule has 0 spiro atoms. The molecule has 2 rings (SSSR count). The summed E-state index contributed by atoms with van der Waals surface area (Å²) >= 11 is 0. The third-order valence-electron chi connectivity index (χ3n) is 3.89. The number of pyridine rings is 1. The van der Waals surface area contributed by atoms with Crippen LogP contribution in [-0.4, -0.2) is 34.0 Å². The van der Waals surface area contributed by atoms with Gasteiger partial charge in [-0.3, -0.25) is 5.32 Å². The maximum atomic E-state index is 12.2. The fraction of sp³-hybridized carbons (Fsp3) is 0.429. The van der Waals surface area contributed by atoms with Gasteiger partial charge in [0.1, 0.15) is 28.5 Å². The summed E-state index contributed by atoms with van der Waals surface area (Å²) in [7, 11) is 0. The number of anilines is 2. The lowest BCUT2D eigenvalue weighted by atomic mass is 10.1. The van der Waals surface area contributed by atoms with Crippen LogP contribution in [-0.2, 0) is 9.47 Å². The number of aromatic hydroxyl groups is 1. The highest BCUT2D eigenvalue weighted by atomic mass is 16.6. The number of azo groups is 1. The number of phenols is 1. The Morgan fingerprint density at radius 1 is 1.10 bits per heavy atom. The number of hydrogen-bond donors (Lipinski definition) is 3. The minimum absolute atomic E-state index is 0.00401. The van der Waals surface area contributed by atoms with E-state index in [1.165, 1.54) is 12.1 Å². The van der Waals surface area contributed by atoms with Crippen LogP contribution in [0.4, 0.5) is 27.8 Å². The number of benzene rings is 1. The number of ether oxygens (including phenoxy) is 2. The molecule has 0 atom stereocenters. The highest BCUT2D eigenvalue weighted by Gasteiger charge is 2.24. The second kappa shape index (κ2) is 9.53. The average molecular weight is 415 g/mol. The van der Waals surface area contributed by atoms with Crippen molar-refractivity contribution in [2.24, 2.45) is 10.2 Å². The van der Waals surface area contributed by atoms with Crippen LogP contribution < -0.4 is 11.1 Å². The molecule has 0 bridgehead atoms. The van der Waals surface area contributed by atoms with Crippen molar-refractivity contribution in [2.45, 2.75) is 52.2 Å². The molecule has 0 saturated heterocycles. The number of rotatable bonds is 7. The van der Waals surface area contributed by atoms with E-state index in [1.807, 2.05) is 34.6 Å². The van der Waals surface area contributed by atoms with Crippen LogP contribution in [0, 0.1) is 0 Å². The highest BCUT2D eigenvalue weighted by Crippen LogP contribution is 2.29. The van der Waals surface area contributed by atoms with Crippen molar-refractivity contribution in [1.82, 2.24) is 4.98 Å². The number of amides is 1. The first-order valence-corrected chi connectivity index (χ1v) is 9.55. The van der Waals surface area contributed by atoms with Gasteiger partial charge in [-0.1, -0.05) is 12.1 Å². The fourth-order valence-corrected chi connectivity index (χ4v) is 2.31. The number of nitrogens with zero attached hydrogens (tertiary/aromatic N) is 3. The lowest BCUT2D eigenvalue weighted by molar-refractivity contribution is -0.0380. The number of hydrogen-bond acceptors (Lipinski definition) is 8. The lowest BCUT2D eigenvalue weighted by Gasteiger charge is -2.27. The first-order valence-electron chi connectivity index (χ1n) is 9.55. The fourth-order valence-electron chi connectivity index (χ4n) is 2.31. The molecule has 9 heteroatoms.